The Bertz CT molecular complexity index is 683. The van der Waals surface area contributed by atoms with Crippen LogP contribution in [-0.4, -0.2) is 98.7 Å². The maximum Gasteiger partial charge on any atom is 0.194 e. The van der Waals surface area contributed by atoms with Crippen LogP contribution >= 0.6 is 0 Å². The quantitative estimate of drug-likeness (QED) is 0.579. The first-order valence-electron chi connectivity index (χ1n) is 12.5. The van der Waals surface area contributed by atoms with Crippen molar-refractivity contribution in [3.63, 3.8) is 0 Å². The molecule has 0 spiro atoms. The van der Waals surface area contributed by atoms with Gasteiger partial charge in [-0.2, -0.15) is 0 Å². The molecule has 1 aromatic carbocycles. The van der Waals surface area contributed by atoms with E-state index in [1.54, 1.807) is 0 Å². The van der Waals surface area contributed by atoms with Crippen LogP contribution in [0.25, 0.3) is 0 Å². The molecule has 3 heterocycles. The zero-order valence-corrected chi connectivity index (χ0v) is 19.7. The standard InChI is InChI=1S/C25H42N6/c1-3-26-24(30-20-18-29(19-21-30)23-10-6-4-7-11-23)27-22-25(12-16-28(2)17-13-25)31-14-8-5-9-15-31/h4,6-7,10-11H,3,5,8-9,12-22H2,1-2H3,(H,26,27). The molecule has 3 saturated heterocycles. The molecule has 3 fully saturated rings. The number of hydrogen-bond acceptors (Lipinski definition) is 4. The molecule has 0 amide bonds. The summed E-state index contributed by atoms with van der Waals surface area (Å²) in [6, 6.07) is 10.8. The highest BCUT2D eigenvalue weighted by molar-refractivity contribution is 5.80. The van der Waals surface area contributed by atoms with Gasteiger partial charge in [0.1, 0.15) is 0 Å². The van der Waals surface area contributed by atoms with Crippen LogP contribution in [0.15, 0.2) is 35.3 Å². The van der Waals surface area contributed by atoms with E-state index in [9.17, 15) is 0 Å². The molecule has 0 radical (unpaired) electrons. The monoisotopic (exact) mass is 426 g/mol. The number of piperidine rings is 2. The lowest BCUT2D eigenvalue weighted by molar-refractivity contribution is 0.0206. The molecule has 0 saturated carbocycles. The van der Waals surface area contributed by atoms with E-state index in [2.05, 4.69) is 69.2 Å². The zero-order valence-electron chi connectivity index (χ0n) is 19.7. The fourth-order valence-electron chi connectivity index (χ4n) is 5.44. The lowest BCUT2D eigenvalue weighted by Crippen LogP contribution is -2.59. The van der Waals surface area contributed by atoms with Crippen molar-refractivity contribution >= 4 is 11.6 Å². The van der Waals surface area contributed by atoms with Crippen LogP contribution in [0.2, 0.25) is 0 Å². The highest BCUT2D eigenvalue weighted by Gasteiger charge is 2.39. The summed E-state index contributed by atoms with van der Waals surface area (Å²) in [5.41, 5.74) is 1.58. The van der Waals surface area contributed by atoms with E-state index in [0.29, 0.717) is 0 Å². The number of hydrogen-bond donors (Lipinski definition) is 1. The summed E-state index contributed by atoms with van der Waals surface area (Å²) in [6.07, 6.45) is 6.58. The van der Waals surface area contributed by atoms with Gasteiger partial charge in [-0.25, -0.2) is 0 Å². The average Bonchev–Trinajstić information content (AvgIpc) is 2.84. The highest BCUT2D eigenvalue weighted by atomic mass is 15.4. The molecule has 4 rings (SSSR count). The van der Waals surface area contributed by atoms with Gasteiger partial charge in [0.15, 0.2) is 5.96 Å². The first-order valence-corrected chi connectivity index (χ1v) is 12.5. The molecule has 0 bridgehead atoms. The third kappa shape index (κ3) is 5.53. The van der Waals surface area contributed by atoms with E-state index in [1.807, 2.05) is 0 Å². The van der Waals surface area contributed by atoms with Gasteiger partial charge in [0.2, 0.25) is 0 Å². The van der Waals surface area contributed by atoms with E-state index in [1.165, 1.54) is 64.0 Å². The van der Waals surface area contributed by atoms with Crippen molar-refractivity contribution in [2.45, 2.75) is 44.6 Å². The summed E-state index contributed by atoms with van der Waals surface area (Å²) in [5.74, 6) is 1.12. The van der Waals surface area contributed by atoms with Gasteiger partial charge in [-0.05, 0) is 78.0 Å². The minimum atomic E-state index is 0.249. The van der Waals surface area contributed by atoms with Crippen LogP contribution in [-0.2, 0) is 0 Å². The number of anilines is 1. The summed E-state index contributed by atoms with van der Waals surface area (Å²) in [7, 11) is 2.26. The number of benzene rings is 1. The fraction of sp³-hybridized carbons (Fsp3) is 0.720. The molecule has 31 heavy (non-hydrogen) atoms. The Morgan fingerprint density at radius 2 is 1.58 bits per heavy atom. The van der Waals surface area contributed by atoms with Gasteiger partial charge in [-0.15, -0.1) is 0 Å². The fourth-order valence-corrected chi connectivity index (χ4v) is 5.44. The van der Waals surface area contributed by atoms with Crippen molar-refractivity contribution in [3.8, 4) is 0 Å². The normalized spacial score (nSPS) is 23.7. The number of nitrogens with one attached hydrogen (secondary N) is 1. The first kappa shape index (κ1) is 22.4. The van der Waals surface area contributed by atoms with Crippen LogP contribution in [0.5, 0.6) is 0 Å². The molecule has 0 unspecified atom stereocenters. The third-order valence-corrected chi connectivity index (χ3v) is 7.50. The van der Waals surface area contributed by atoms with E-state index in [0.717, 1.165) is 45.2 Å². The molecular weight excluding hydrogens is 384 g/mol. The van der Waals surface area contributed by atoms with Crippen molar-refractivity contribution in [2.75, 3.05) is 77.4 Å². The number of guanidine groups is 1. The maximum atomic E-state index is 5.28. The molecule has 3 aliphatic rings. The molecule has 0 aliphatic carbocycles. The molecular formula is C25H42N6. The van der Waals surface area contributed by atoms with Crippen LogP contribution in [0.1, 0.15) is 39.0 Å². The van der Waals surface area contributed by atoms with E-state index < -0.39 is 0 Å². The van der Waals surface area contributed by atoms with E-state index in [4.69, 9.17) is 4.99 Å². The van der Waals surface area contributed by atoms with Crippen molar-refractivity contribution in [1.29, 1.82) is 0 Å². The van der Waals surface area contributed by atoms with E-state index in [-0.39, 0.29) is 5.54 Å². The van der Waals surface area contributed by atoms with Crippen LogP contribution in [0.4, 0.5) is 5.69 Å². The second-order valence-corrected chi connectivity index (χ2v) is 9.56. The summed E-state index contributed by atoms with van der Waals surface area (Å²) in [4.78, 5) is 15.5. The molecule has 172 valence electrons. The Hall–Kier alpha value is -1.79. The van der Waals surface area contributed by atoms with Crippen molar-refractivity contribution in [2.24, 2.45) is 4.99 Å². The Labute approximate surface area is 189 Å². The minimum absolute atomic E-state index is 0.249. The van der Waals surface area contributed by atoms with Crippen LogP contribution in [0.3, 0.4) is 0 Å². The first-order chi connectivity index (χ1) is 15.2. The van der Waals surface area contributed by atoms with Crippen molar-refractivity contribution in [1.82, 2.24) is 20.0 Å². The number of aliphatic imine (C=N–C) groups is 1. The van der Waals surface area contributed by atoms with Gasteiger partial charge in [0.25, 0.3) is 0 Å². The lowest BCUT2D eigenvalue weighted by Gasteiger charge is -2.49. The Morgan fingerprint density at radius 1 is 0.903 bits per heavy atom. The number of nitrogens with zero attached hydrogens (tertiary/aromatic N) is 5. The van der Waals surface area contributed by atoms with Gasteiger partial charge in [-0.1, -0.05) is 24.6 Å². The average molecular weight is 427 g/mol. The molecule has 6 nitrogen and oxygen atoms in total. The van der Waals surface area contributed by atoms with Gasteiger partial charge in [0.05, 0.1) is 6.54 Å². The Balaban J connectivity index is 1.43. The van der Waals surface area contributed by atoms with Gasteiger partial charge >= 0.3 is 0 Å². The minimum Gasteiger partial charge on any atom is -0.368 e. The van der Waals surface area contributed by atoms with Gasteiger partial charge < -0.3 is 20.0 Å². The molecule has 1 aromatic rings. The SMILES string of the molecule is CCNC(=NCC1(N2CCCCC2)CCN(C)CC1)N1CCN(c2ccccc2)CC1. The Morgan fingerprint density at radius 3 is 2.23 bits per heavy atom. The summed E-state index contributed by atoms with van der Waals surface area (Å²) < 4.78 is 0. The summed E-state index contributed by atoms with van der Waals surface area (Å²) >= 11 is 0. The highest BCUT2D eigenvalue weighted by Crippen LogP contribution is 2.32. The maximum absolute atomic E-state index is 5.28. The van der Waals surface area contributed by atoms with Crippen molar-refractivity contribution < 1.29 is 0 Å². The zero-order chi connectivity index (χ0) is 21.5. The number of para-hydroxylation sites is 1. The predicted molar refractivity (Wildman–Crippen MR) is 131 cm³/mol. The predicted octanol–water partition coefficient (Wildman–Crippen LogP) is 2.72. The summed E-state index contributed by atoms with van der Waals surface area (Å²) in [6.45, 7) is 13.1. The molecule has 0 atom stereocenters. The molecule has 6 heteroatoms. The second kappa shape index (κ2) is 10.7. The topological polar surface area (TPSA) is 37.4 Å². The smallest absolute Gasteiger partial charge is 0.194 e. The molecule has 1 N–H and O–H groups in total. The Kier molecular flexibility index (Phi) is 7.72. The lowest BCUT2D eigenvalue weighted by atomic mass is 9.84. The molecule has 0 aromatic heterocycles. The van der Waals surface area contributed by atoms with Gasteiger partial charge in [-0.3, -0.25) is 9.89 Å². The second-order valence-electron chi connectivity index (χ2n) is 9.56. The molecule has 3 aliphatic heterocycles. The largest absolute Gasteiger partial charge is 0.368 e. The van der Waals surface area contributed by atoms with E-state index >= 15 is 0 Å². The van der Waals surface area contributed by atoms with Crippen molar-refractivity contribution in [3.05, 3.63) is 30.3 Å². The van der Waals surface area contributed by atoms with Crippen LogP contribution < -0.4 is 10.2 Å². The third-order valence-electron chi connectivity index (χ3n) is 7.50. The number of likely N-dealkylation sites (tertiary alicyclic amines) is 2. The summed E-state index contributed by atoms with van der Waals surface area (Å²) in [5, 5.41) is 3.60. The number of rotatable bonds is 5. The number of piperazine rings is 1. The van der Waals surface area contributed by atoms with Gasteiger partial charge in [0, 0.05) is 44.0 Å². The van der Waals surface area contributed by atoms with Crippen LogP contribution in [0, 0.1) is 0 Å².